The molecule has 6 heteroatoms. The van der Waals surface area contributed by atoms with E-state index in [9.17, 15) is 13.6 Å². The van der Waals surface area contributed by atoms with Crippen molar-refractivity contribution >= 4 is 11.8 Å². The molecule has 1 aromatic heterocycles. The van der Waals surface area contributed by atoms with Crippen LogP contribution in [0.2, 0.25) is 0 Å². The summed E-state index contributed by atoms with van der Waals surface area (Å²) >= 11 is 1.26. The molecule has 27 heavy (non-hydrogen) atoms. The average Bonchev–Trinajstić information content (AvgIpc) is 2.62. The van der Waals surface area contributed by atoms with Crippen LogP contribution in [0.25, 0.3) is 0 Å². The fraction of sp³-hybridized carbons (Fsp3) is 0.238. The van der Waals surface area contributed by atoms with Gasteiger partial charge in [-0.2, -0.15) is 0 Å². The van der Waals surface area contributed by atoms with Gasteiger partial charge in [-0.25, -0.2) is 13.8 Å². The standard InChI is InChI=1S/C21H20F2N2OS/c1-13-5-4-6-15(9-13)10-18-14(2)24-21(25(3)20(18)26)27-12-16-7-8-17(22)11-19(16)23/h4-9,11H,10,12H2,1-3H3. The summed E-state index contributed by atoms with van der Waals surface area (Å²) in [7, 11) is 1.66. The topological polar surface area (TPSA) is 34.9 Å². The largest absolute Gasteiger partial charge is 0.291 e. The quantitative estimate of drug-likeness (QED) is 0.476. The van der Waals surface area contributed by atoms with E-state index in [0.717, 1.165) is 17.2 Å². The maximum absolute atomic E-state index is 13.8. The van der Waals surface area contributed by atoms with Gasteiger partial charge in [0.15, 0.2) is 5.16 Å². The monoisotopic (exact) mass is 386 g/mol. The molecule has 0 aliphatic rings. The smallest absolute Gasteiger partial charge is 0.257 e. The number of hydrogen-bond acceptors (Lipinski definition) is 3. The van der Waals surface area contributed by atoms with Gasteiger partial charge in [-0.1, -0.05) is 47.7 Å². The fourth-order valence-electron chi connectivity index (χ4n) is 2.87. The fourth-order valence-corrected chi connectivity index (χ4v) is 3.87. The van der Waals surface area contributed by atoms with Crippen molar-refractivity contribution in [2.45, 2.75) is 31.2 Å². The summed E-state index contributed by atoms with van der Waals surface area (Å²) in [6.45, 7) is 3.83. The van der Waals surface area contributed by atoms with E-state index in [1.54, 1.807) is 7.05 Å². The van der Waals surface area contributed by atoms with Gasteiger partial charge in [-0.15, -0.1) is 0 Å². The third-order valence-electron chi connectivity index (χ3n) is 4.39. The Labute approximate surface area is 161 Å². The highest BCUT2D eigenvalue weighted by Crippen LogP contribution is 2.23. The van der Waals surface area contributed by atoms with Crippen molar-refractivity contribution in [2.24, 2.45) is 7.05 Å². The molecule has 0 radical (unpaired) electrons. The Hall–Kier alpha value is -2.47. The van der Waals surface area contributed by atoms with Crippen LogP contribution in [0.3, 0.4) is 0 Å². The van der Waals surface area contributed by atoms with Gasteiger partial charge in [0, 0.05) is 36.5 Å². The lowest BCUT2D eigenvalue weighted by Gasteiger charge is -2.12. The van der Waals surface area contributed by atoms with E-state index in [4.69, 9.17) is 0 Å². The molecular formula is C21H20F2N2OS. The second-order valence-electron chi connectivity index (χ2n) is 6.51. The van der Waals surface area contributed by atoms with Gasteiger partial charge in [-0.3, -0.25) is 9.36 Å². The van der Waals surface area contributed by atoms with E-state index in [-0.39, 0.29) is 11.3 Å². The molecule has 0 spiro atoms. The van der Waals surface area contributed by atoms with Gasteiger partial charge < -0.3 is 0 Å². The van der Waals surface area contributed by atoms with Crippen molar-refractivity contribution in [3.63, 3.8) is 0 Å². The van der Waals surface area contributed by atoms with Crippen molar-refractivity contribution in [2.75, 3.05) is 0 Å². The van der Waals surface area contributed by atoms with Crippen molar-refractivity contribution < 1.29 is 8.78 Å². The number of halogens is 2. The van der Waals surface area contributed by atoms with Crippen LogP contribution in [0.15, 0.2) is 52.4 Å². The van der Waals surface area contributed by atoms with E-state index in [2.05, 4.69) is 11.1 Å². The second kappa shape index (κ2) is 8.05. The molecule has 1 heterocycles. The minimum absolute atomic E-state index is 0.105. The number of aryl methyl sites for hydroxylation is 2. The summed E-state index contributed by atoms with van der Waals surface area (Å²) in [4.78, 5) is 17.4. The van der Waals surface area contributed by atoms with Crippen LogP contribution in [0.5, 0.6) is 0 Å². The summed E-state index contributed by atoms with van der Waals surface area (Å²) in [6, 6.07) is 11.5. The van der Waals surface area contributed by atoms with Crippen molar-refractivity contribution in [1.82, 2.24) is 9.55 Å². The molecule has 0 N–H and O–H groups in total. The summed E-state index contributed by atoms with van der Waals surface area (Å²) < 4.78 is 28.3. The molecule has 0 bridgehead atoms. The lowest BCUT2D eigenvalue weighted by molar-refractivity contribution is 0.576. The van der Waals surface area contributed by atoms with Crippen LogP contribution < -0.4 is 5.56 Å². The van der Waals surface area contributed by atoms with Crippen LogP contribution in [-0.4, -0.2) is 9.55 Å². The molecule has 2 aromatic carbocycles. The number of hydrogen-bond donors (Lipinski definition) is 0. The molecule has 0 fully saturated rings. The van der Waals surface area contributed by atoms with Crippen LogP contribution in [0.1, 0.15) is 27.9 Å². The van der Waals surface area contributed by atoms with Gasteiger partial charge in [0.1, 0.15) is 11.6 Å². The molecule has 3 nitrogen and oxygen atoms in total. The van der Waals surface area contributed by atoms with Gasteiger partial charge >= 0.3 is 0 Å². The third-order valence-corrected chi connectivity index (χ3v) is 5.46. The van der Waals surface area contributed by atoms with Crippen molar-refractivity contribution in [3.8, 4) is 0 Å². The highest BCUT2D eigenvalue weighted by atomic mass is 32.2. The average molecular weight is 386 g/mol. The van der Waals surface area contributed by atoms with Crippen molar-refractivity contribution in [3.05, 3.63) is 92.4 Å². The zero-order valence-electron chi connectivity index (χ0n) is 15.4. The highest BCUT2D eigenvalue weighted by Gasteiger charge is 2.14. The van der Waals surface area contributed by atoms with E-state index in [0.29, 0.717) is 28.4 Å². The molecule has 0 saturated heterocycles. The number of nitrogens with zero attached hydrogens (tertiary/aromatic N) is 2. The molecule has 3 rings (SSSR count). The molecule has 0 aliphatic heterocycles. The van der Waals surface area contributed by atoms with Crippen LogP contribution in [0, 0.1) is 25.5 Å². The van der Waals surface area contributed by atoms with Crippen LogP contribution in [-0.2, 0) is 19.2 Å². The summed E-state index contributed by atoms with van der Waals surface area (Å²) in [5.41, 5.74) is 3.79. The molecule has 0 aliphatic carbocycles. The normalized spacial score (nSPS) is 11.0. The Morgan fingerprint density at radius 2 is 1.89 bits per heavy atom. The minimum Gasteiger partial charge on any atom is -0.291 e. The molecular weight excluding hydrogens is 366 g/mol. The molecule has 3 aromatic rings. The number of thioether (sulfide) groups is 1. The first-order valence-electron chi connectivity index (χ1n) is 8.54. The molecule has 0 saturated carbocycles. The van der Waals surface area contributed by atoms with E-state index in [1.807, 2.05) is 32.0 Å². The second-order valence-corrected chi connectivity index (χ2v) is 7.46. The molecule has 0 amide bonds. The van der Waals surface area contributed by atoms with E-state index in [1.165, 1.54) is 28.5 Å². The number of benzene rings is 2. The minimum atomic E-state index is -0.608. The SMILES string of the molecule is Cc1cccc(Cc2c(C)nc(SCc3ccc(F)cc3F)n(C)c2=O)c1. The van der Waals surface area contributed by atoms with Gasteiger partial charge in [0.05, 0.1) is 0 Å². The Bertz CT molecular complexity index is 1050. The predicted molar refractivity (Wildman–Crippen MR) is 104 cm³/mol. The molecule has 0 atom stereocenters. The van der Waals surface area contributed by atoms with Crippen LogP contribution >= 0.6 is 11.8 Å². The zero-order chi connectivity index (χ0) is 19.6. The van der Waals surface area contributed by atoms with E-state index >= 15 is 0 Å². The van der Waals surface area contributed by atoms with Gasteiger partial charge in [-0.05, 0) is 31.0 Å². The Morgan fingerprint density at radius 1 is 1.11 bits per heavy atom. The molecule has 140 valence electrons. The summed E-state index contributed by atoms with van der Waals surface area (Å²) in [5.74, 6) is -0.938. The van der Waals surface area contributed by atoms with Gasteiger partial charge in [0.2, 0.25) is 0 Å². The van der Waals surface area contributed by atoms with Crippen LogP contribution in [0.4, 0.5) is 8.78 Å². The number of rotatable bonds is 5. The Morgan fingerprint density at radius 3 is 2.59 bits per heavy atom. The lowest BCUT2D eigenvalue weighted by atomic mass is 10.0. The first kappa shape index (κ1) is 19.3. The van der Waals surface area contributed by atoms with Gasteiger partial charge in [0.25, 0.3) is 5.56 Å². The van der Waals surface area contributed by atoms with E-state index < -0.39 is 11.6 Å². The summed E-state index contributed by atoms with van der Waals surface area (Å²) in [6.07, 6.45) is 0.519. The Balaban J connectivity index is 1.85. The van der Waals surface area contributed by atoms with Crippen molar-refractivity contribution in [1.29, 1.82) is 0 Å². The first-order chi connectivity index (χ1) is 12.8. The molecule has 0 unspecified atom stereocenters. The predicted octanol–water partition coefficient (Wildman–Crippen LogP) is 4.56. The Kier molecular flexibility index (Phi) is 5.75. The lowest BCUT2D eigenvalue weighted by Crippen LogP contribution is -2.25. The maximum Gasteiger partial charge on any atom is 0.257 e. The third kappa shape index (κ3) is 4.45. The number of aromatic nitrogens is 2. The summed E-state index contributed by atoms with van der Waals surface area (Å²) in [5, 5.41) is 0.509. The first-order valence-corrected chi connectivity index (χ1v) is 9.52. The maximum atomic E-state index is 13.8. The zero-order valence-corrected chi connectivity index (χ0v) is 16.2. The highest BCUT2D eigenvalue weighted by molar-refractivity contribution is 7.98.